The lowest BCUT2D eigenvalue weighted by atomic mass is 10.0. The van der Waals surface area contributed by atoms with Gasteiger partial charge in [-0.15, -0.1) is 0 Å². The monoisotopic (exact) mass is 443 g/mol. The number of ether oxygens (including phenoxy) is 2. The van der Waals surface area contributed by atoms with Crippen molar-refractivity contribution in [3.05, 3.63) is 103 Å². The van der Waals surface area contributed by atoms with E-state index in [1.165, 1.54) is 0 Å². The lowest BCUT2D eigenvalue weighted by Crippen LogP contribution is -2.29. The van der Waals surface area contributed by atoms with E-state index in [0.29, 0.717) is 5.11 Å². The fourth-order valence-corrected chi connectivity index (χ4v) is 4.18. The summed E-state index contributed by atoms with van der Waals surface area (Å²) in [6.07, 6.45) is 3.46. The number of pyridine rings is 1. The highest BCUT2D eigenvalue weighted by Gasteiger charge is 2.42. The average Bonchev–Trinajstić information content (AvgIpc) is 3.48. The molecule has 1 aliphatic rings. The third-order valence-electron chi connectivity index (χ3n) is 5.34. The molecule has 7 heteroatoms. The Morgan fingerprint density at radius 2 is 1.62 bits per heavy atom. The van der Waals surface area contributed by atoms with Crippen LogP contribution in [0.25, 0.3) is 0 Å². The van der Waals surface area contributed by atoms with Crippen molar-refractivity contribution in [1.29, 1.82) is 0 Å². The van der Waals surface area contributed by atoms with Gasteiger partial charge >= 0.3 is 0 Å². The predicted octanol–water partition coefficient (Wildman–Crippen LogP) is 5.65. The number of benzene rings is 2. The average molecular weight is 444 g/mol. The zero-order valence-electron chi connectivity index (χ0n) is 17.3. The Morgan fingerprint density at radius 3 is 2.25 bits per heavy atom. The summed E-state index contributed by atoms with van der Waals surface area (Å²) in [5.74, 6) is 3.06. The van der Waals surface area contributed by atoms with Crippen LogP contribution in [0.4, 0.5) is 5.69 Å². The van der Waals surface area contributed by atoms with Gasteiger partial charge in [0.25, 0.3) is 0 Å². The molecule has 1 fully saturated rings. The van der Waals surface area contributed by atoms with Crippen molar-refractivity contribution in [2.75, 3.05) is 12.0 Å². The van der Waals surface area contributed by atoms with E-state index in [1.807, 2.05) is 78.9 Å². The number of hydrogen-bond acceptors (Lipinski definition) is 5. The summed E-state index contributed by atoms with van der Waals surface area (Å²) in [5.41, 5.74) is 1.84. The van der Waals surface area contributed by atoms with Crippen LogP contribution in [0.5, 0.6) is 17.2 Å². The highest BCUT2D eigenvalue weighted by atomic mass is 32.1. The van der Waals surface area contributed by atoms with E-state index in [-0.39, 0.29) is 12.1 Å². The number of nitrogens with zero attached hydrogens (tertiary/aromatic N) is 2. The summed E-state index contributed by atoms with van der Waals surface area (Å²) in [4.78, 5) is 6.60. The molecule has 0 radical (unpaired) electrons. The van der Waals surface area contributed by atoms with Crippen LogP contribution < -0.4 is 19.7 Å². The van der Waals surface area contributed by atoms with Crippen LogP contribution in [-0.2, 0) is 0 Å². The molecule has 3 heterocycles. The molecule has 2 aromatic carbocycles. The number of methoxy groups -OCH3 is 1. The van der Waals surface area contributed by atoms with Gasteiger partial charge in [0.15, 0.2) is 5.11 Å². The predicted molar refractivity (Wildman–Crippen MR) is 126 cm³/mol. The van der Waals surface area contributed by atoms with Crippen molar-refractivity contribution >= 4 is 23.0 Å². The zero-order chi connectivity index (χ0) is 21.9. The summed E-state index contributed by atoms with van der Waals surface area (Å²) in [6.45, 7) is 0. The molecule has 2 atom stereocenters. The maximum atomic E-state index is 5.96. The van der Waals surface area contributed by atoms with Gasteiger partial charge in [-0.25, -0.2) is 0 Å². The Balaban J connectivity index is 1.42. The van der Waals surface area contributed by atoms with Crippen LogP contribution in [-0.4, -0.2) is 17.2 Å². The zero-order valence-corrected chi connectivity index (χ0v) is 18.2. The number of thiocarbonyl (C=S) groups is 1. The van der Waals surface area contributed by atoms with Crippen molar-refractivity contribution < 1.29 is 13.9 Å². The number of anilines is 1. The lowest BCUT2D eigenvalue weighted by Gasteiger charge is -2.26. The maximum Gasteiger partial charge on any atom is 0.174 e. The maximum absolute atomic E-state index is 5.96. The van der Waals surface area contributed by atoms with Crippen molar-refractivity contribution in [1.82, 2.24) is 10.3 Å². The highest BCUT2D eigenvalue weighted by molar-refractivity contribution is 7.80. The molecule has 5 rings (SSSR count). The van der Waals surface area contributed by atoms with Gasteiger partial charge in [-0.3, -0.25) is 4.98 Å². The van der Waals surface area contributed by atoms with Gasteiger partial charge in [0, 0.05) is 11.9 Å². The minimum absolute atomic E-state index is 0.134. The van der Waals surface area contributed by atoms with E-state index < -0.39 is 0 Å². The smallest absolute Gasteiger partial charge is 0.174 e. The third kappa shape index (κ3) is 3.90. The van der Waals surface area contributed by atoms with E-state index in [9.17, 15) is 0 Å². The molecule has 1 saturated heterocycles. The molecule has 0 aliphatic carbocycles. The molecule has 0 spiro atoms. The molecule has 32 heavy (non-hydrogen) atoms. The van der Waals surface area contributed by atoms with Crippen LogP contribution >= 0.6 is 12.2 Å². The van der Waals surface area contributed by atoms with Gasteiger partial charge in [0.1, 0.15) is 29.1 Å². The van der Waals surface area contributed by atoms with Gasteiger partial charge in [-0.05, 0) is 85.0 Å². The van der Waals surface area contributed by atoms with E-state index in [4.69, 9.17) is 26.1 Å². The van der Waals surface area contributed by atoms with Crippen LogP contribution in [0, 0.1) is 0 Å². The van der Waals surface area contributed by atoms with Crippen molar-refractivity contribution in [3.8, 4) is 17.2 Å². The second-order valence-corrected chi connectivity index (χ2v) is 7.67. The van der Waals surface area contributed by atoms with Gasteiger partial charge in [0.05, 0.1) is 25.1 Å². The SMILES string of the molecule is COc1ccc(Oc2ccc(N3C(=S)NC(c4ccccn4)C3c3ccco3)cc2)cc1. The highest BCUT2D eigenvalue weighted by Crippen LogP contribution is 2.42. The molecule has 160 valence electrons. The molecule has 0 amide bonds. The molecule has 4 aromatic rings. The molecular weight excluding hydrogens is 422 g/mol. The van der Waals surface area contributed by atoms with Crippen LogP contribution in [0.15, 0.2) is 95.7 Å². The minimum Gasteiger partial charge on any atom is -0.497 e. The van der Waals surface area contributed by atoms with E-state index in [2.05, 4.69) is 15.2 Å². The first-order valence-electron chi connectivity index (χ1n) is 10.2. The number of nitrogens with one attached hydrogen (secondary N) is 1. The Morgan fingerprint density at radius 1 is 0.906 bits per heavy atom. The van der Waals surface area contributed by atoms with Gasteiger partial charge < -0.3 is 24.1 Å². The molecule has 1 aliphatic heterocycles. The normalized spacial score (nSPS) is 17.8. The van der Waals surface area contributed by atoms with Gasteiger partial charge in [-0.2, -0.15) is 0 Å². The van der Waals surface area contributed by atoms with E-state index >= 15 is 0 Å². The van der Waals surface area contributed by atoms with Crippen molar-refractivity contribution in [2.45, 2.75) is 12.1 Å². The summed E-state index contributed by atoms with van der Waals surface area (Å²) in [5, 5.41) is 4.03. The number of aromatic nitrogens is 1. The molecule has 0 bridgehead atoms. The van der Waals surface area contributed by atoms with Crippen LogP contribution in [0.3, 0.4) is 0 Å². The Hall–Kier alpha value is -3.84. The summed E-state index contributed by atoms with van der Waals surface area (Å²) in [7, 11) is 1.64. The Kier molecular flexibility index (Phi) is 5.47. The standard InChI is InChI=1S/C25H21N3O3S/c1-29-18-11-13-20(14-12-18)31-19-9-7-17(8-10-19)28-24(22-6-4-16-30-22)23(27-25(28)32)21-5-2-3-15-26-21/h2-16,23-24H,1H3,(H,27,32). The largest absolute Gasteiger partial charge is 0.497 e. The Labute approximate surface area is 191 Å². The van der Waals surface area contributed by atoms with Gasteiger partial charge in [-0.1, -0.05) is 6.07 Å². The first-order chi connectivity index (χ1) is 15.7. The molecule has 2 aromatic heterocycles. The number of furan rings is 1. The van der Waals surface area contributed by atoms with E-state index in [1.54, 1.807) is 19.6 Å². The van der Waals surface area contributed by atoms with Crippen molar-refractivity contribution in [3.63, 3.8) is 0 Å². The fraction of sp³-hybridized carbons (Fsp3) is 0.120. The van der Waals surface area contributed by atoms with E-state index in [0.717, 1.165) is 34.4 Å². The summed E-state index contributed by atoms with van der Waals surface area (Å²) < 4.78 is 16.9. The number of rotatable bonds is 6. The second-order valence-electron chi connectivity index (χ2n) is 7.28. The topological polar surface area (TPSA) is 59.8 Å². The van der Waals surface area contributed by atoms with Gasteiger partial charge in [0.2, 0.25) is 0 Å². The number of hydrogen-bond donors (Lipinski definition) is 1. The van der Waals surface area contributed by atoms with Crippen LogP contribution in [0.2, 0.25) is 0 Å². The lowest BCUT2D eigenvalue weighted by molar-refractivity contribution is 0.413. The van der Waals surface area contributed by atoms with Crippen molar-refractivity contribution in [2.24, 2.45) is 0 Å². The first-order valence-corrected chi connectivity index (χ1v) is 10.6. The molecule has 0 saturated carbocycles. The quantitative estimate of drug-likeness (QED) is 0.386. The molecule has 1 N–H and O–H groups in total. The minimum atomic E-state index is -0.166. The summed E-state index contributed by atoms with van der Waals surface area (Å²) in [6, 6.07) is 24.7. The summed E-state index contributed by atoms with van der Waals surface area (Å²) >= 11 is 5.71. The molecule has 2 unspecified atom stereocenters. The fourth-order valence-electron chi connectivity index (χ4n) is 3.84. The third-order valence-corrected chi connectivity index (χ3v) is 5.66. The molecule has 6 nitrogen and oxygen atoms in total. The first kappa shape index (κ1) is 20.1. The second kappa shape index (κ2) is 8.72. The van der Waals surface area contributed by atoms with Crippen LogP contribution in [0.1, 0.15) is 23.5 Å². The Bertz CT molecular complexity index is 1180. The molecular formula is C25H21N3O3S.